The Kier molecular flexibility index (Phi) is 2.37. The van der Waals surface area contributed by atoms with Crippen LogP contribution in [0.1, 0.15) is 6.92 Å². The Morgan fingerprint density at radius 1 is 1.86 bits per heavy atom. The van der Waals surface area contributed by atoms with Crippen molar-refractivity contribution in [1.82, 2.24) is 5.32 Å². The van der Waals surface area contributed by atoms with Crippen LogP contribution in [0.25, 0.3) is 0 Å². The van der Waals surface area contributed by atoms with Crippen LogP contribution in [0.15, 0.2) is 0 Å². The van der Waals surface area contributed by atoms with E-state index in [2.05, 4.69) is 5.32 Å². The van der Waals surface area contributed by atoms with Gasteiger partial charge in [-0.15, -0.1) is 0 Å². The van der Waals surface area contributed by atoms with Crippen molar-refractivity contribution in [3.63, 3.8) is 0 Å². The molecule has 3 nitrogen and oxygen atoms in total. The molecule has 0 aromatic heterocycles. The van der Waals surface area contributed by atoms with E-state index in [-0.39, 0.29) is 11.9 Å². The zero-order valence-electron chi connectivity index (χ0n) is 4.56. The highest BCUT2D eigenvalue weighted by Crippen LogP contribution is 1.71. The van der Waals surface area contributed by atoms with Gasteiger partial charge in [0.2, 0.25) is 5.91 Å². The monoisotopic (exact) mass is 102 g/mol. The number of primary amides is 1. The van der Waals surface area contributed by atoms with Crippen LogP contribution in [-0.2, 0) is 4.79 Å². The van der Waals surface area contributed by atoms with E-state index >= 15 is 0 Å². The summed E-state index contributed by atoms with van der Waals surface area (Å²) in [6, 6.07) is -0.208. The van der Waals surface area contributed by atoms with Gasteiger partial charge < -0.3 is 11.1 Å². The van der Waals surface area contributed by atoms with Crippen LogP contribution in [0.3, 0.4) is 0 Å². The van der Waals surface area contributed by atoms with Crippen molar-refractivity contribution < 1.29 is 4.79 Å². The summed E-state index contributed by atoms with van der Waals surface area (Å²) < 4.78 is 0. The van der Waals surface area contributed by atoms with Crippen LogP contribution in [-0.4, -0.2) is 19.0 Å². The lowest BCUT2D eigenvalue weighted by Gasteiger charge is -2.01. The van der Waals surface area contributed by atoms with Crippen LogP contribution in [0.4, 0.5) is 0 Å². The maximum absolute atomic E-state index is 10.1. The van der Waals surface area contributed by atoms with Crippen molar-refractivity contribution in [3.05, 3.63) is 0 Å². The summed E-state index contributed by atoms with van der Waals surface area (Å²) in [6.45, 7) is 1.71. The number of hydrogen-bond acceptors (Lipinski definition) is 2. The number of likely N-dealkylation sites (N-methyl/N-ethyl adjacent to an activating group) is 1. The molecule has 0 aromatic carbocycles. The molecule has 0 bridgehead atoms. The van der Waals surface area contributed by atoms with E-state index in [1.54, 1.807) is 14.0 Å². The molecule has 0 saturated carbocycles. The van der Waals surface area contributed by atoms with Crippen LogP contribution in [0, 0.1) is 0 Å². The molecule has 3 N–H and O–H groups in total. The molecule has 0 saturated heterocycles. The zero-order valence-corrected chi connectivity index (χ0v) is 4.56. The highest BCUT2D eigenvalue weighted by molar-refractivity contribution is 5.79. The lowest BCUT2D eigenvalue weighted by Crippen LogP contribution is -2.36. The van der Waals surface area contributed by atoms with Gasteiger partial charge in [0.25, 0.3) is 0 Å². The van der Waals surface area contributed by atoms with Gasteiger partial charge >= 0.3 is 0 Å². The van der Waals surface area contributed by atoms with E-state index in [0.29, 0.717) is 0 Å². The van der Waals surface area contributed by atoms with Crippen molar-refractivity contribution >= 4 is 5.91 Å². The number of nitrogens with two attached hydrogens (primary N) is 1. The van der Waals surface area contributed by atoms with Crippen molar-refractivity contribution in [1.29, 1.82) is 0 Å². The molecule has 42 valence electrons. The summed E-state index contributed by atoms with van der Waals surface area (Å²) >= 11 is 0. The Morgan fingerprint density at radius 3 is 2.29 bits per heavy atom. The largest absolute Gasteiger partial charge is 0.368 e. The van der Waals surface area contributed by atoms with Gasteiger partial charge in [-0.3, -0.25) is 4.79 Å². The Labute approximate surface area is 42.9 Å². The number of rotatable bonds is 2. The van der Waals surface area contributed by atoms with Crippen molar-refractivity contribution in [2.75, 3.05) is 7.05 Å². The standard InChI is InChI=1S/C4H10N2O/c1-3(6-2)4(5)7/h3,6H,1-2H3,(H2,5,7)/t3-/m1/s1. The average Bonchev–Trinajstić information content (AvgIpc) is 1.65. The van der Waals surface area contributed by atoms with E-state index in [1.165, 1.54) is 0 Å². The minimum atomic E-state index is -0.317. The number of nitrogens with one attached hydrogen (secondary N) is 1. The zero-order chi connectivity index (χ0) is 5.86. The number of carbonyl (C=O) groups is 1. The molecular weight excluding hydrogens is 92.1 g/mol. The highest BCUT2D eigenvalue weighted by Gasteiger charge is 2.01. The number of carbonyl (C=O) groups excluding carboxylic acids is 1. The molecule has 3 heteroatoms. The molecule has 0 fully saturated rings. The predicted molar refractivity (Wildman–Crippen MR) is 27.7 cm³/mol. The Hall–Kier alpha value is -0.570. The molecule has 0 aliphatic heterocycles. The fraction of sp³-hybridized carbons (Fsp3) is 0.750. The Morgan fingerprint density at radius 2 is 2.29 bits per heavy atom. The van der Waals surface area contributed by atoms with Crippen LogP contribution in [0.2, 0.25) is 0 Å². The average molecular weight is 102 g/mol. The molecule has 1 atom stereocenters. The highest BCUT2D eigenvalue weighted by atomic mass is 16.1. The topological polar surface area (TPSA) is 55.1 Å². The van der Waals surface area contributed by atoms with Gasteiger partial charge in [0.05, 0.1) is 6.04 Å². The van der Waals surface area contributed by atoms with Gasteiger partial charge in [-0.2, -0.15) is 0 Å². The summed E-state index contributed by atoms with van der Waals surface area (Å²) in [5.74, 6) is -0.317. The van der Waals surface area contributed by atoms with Gasteiger partial charge in [-0.05, 0) is 14.0 Å². The third-order valence-corrected chi connectivity index (χ3v) is 0.860. The smallest absolute Gasteiger partial charge is 0.234 e. The second kappa shape index (κ2) is 2.58. The lowest BCUT2D eigenvalue weighted by molar-refractivity contribution is -0.119. The minimum absolute atomic E-state index is 0.208. The van der Waals surface area contributed by atoms with E-state index < -0.39 is 0 Å². The quantitative estimate of drug-likeness (QED) is 0.473. The summed E-state index contributed by atoms with van der Waals surface area (Å²) in [7, 11) is 1.69. The van der Waals surface area contributed by atoms with Gasteiger partial charge in [-0.25, -0.2) is 0 Å². The molecule has 0 unspecified atom stereocenters. The minimum Gasteiger partial charge on any atom is -0.368 e. The third-order valence-electron chi connectivity index (χ3n) is 0.860. The first-order chi connectivity index (χ1) is 3.18. The SMILES string of the molecule is CN[C@H](C)C(N)=O. The second-order valence-electron chi connectivity index (χ2n) is 1.41. The number of amides is 1. The van der Waals surface area contributed by atoms with Gasteiger partial charge in [0.1, 0.15) is 0 Å². The molecule has 7 heavy (non-hydrogen) atoms. The molecule has 0 aliphatic rings. The maximum Gasteiger partial charge on any atom is 0.234 e. The molecule has 1 amide bonds. The van der Waals surface area contributed by atoms with Gasteiger partial charge in [-0.1, -0.05) is 0 Å². The lowest BCUT2D eigenvalue weighted by atomic mass is 10.3. The van der Waals surface area contributed by atoms with E-state index in [4.69, 9.17) is 5.73 Å². The number of hydrogen-bond donors (Lipinski definition) is 2. The fourth-order valence-corrected chi connectivity index (χ4v) is 0.142. The van der Waals surface area contributed by atoms with Gasteiger partial charge in [0, 0.05) is 0 Å². The van der Waals surface area contributed by atoms with Crippen molar-refractivity contribution in [2.24, 2.45) is 5.73 Å². The molecule has 0 aromatic rings. The van der Waals surface area contributed by atoms with Crippen molar-refractivity contribution in [3.8, 4) is 0 Å². The van der Waals surface area contributed by atoms with Crippen LogP contribution < -0.4 is 11.1 Å². The maximum atomic E-state index is 10.1. The molecule has 0 radical (unpaired) electrons. The molecule has 0 heterocycles. The predicted octanol–water partition coefficient (Wildman–Crippen LogP) is -0.920. The van der Waals surface area contributed by atoms with E-state index in [0.717, 1.165) is 0 Å². The Balaban J connectivity index is 3.34. The molecule has 0 spiro atoms. The van der Waals surface area contributed by atoms with Crippen LogP contribution >= 0.6 is 0 Å². The Bertz CT molecular complexity index is 72.1. The second-order valence-corrected chi connectivity index (χ2v) is 1.41. The summed E-state index contributed by atoms with van der Waals surface area (Å²) in [4.78, 5) is 10.1. The first kappa shape index (κ1) is 6.43. The summed E-state index contributed by atoms with van der Waals surface area (Å²) in [5, 5.41) is 2.69. The third kappa shape index (κ3) is 2.17. The fourth-order valence-electron chi connectivity index (χ4n) is 0.142. The van der Waals surface area contributed by atoms with Gasteiger partial charge in [0.15, 0.2) is 0 Å². The summed E-state index contributed by atoms with van der Waals surface area (Å²) in [6.07, 6.45) is 0. The van der Waals surface area contributed by atoms with E-state index in [9.17, 15) is 4.79 Å². The first-order valence-electron chi connectivity index (χ1n) is 2.15. The summed E-state index contributed by atoms with van der Waals surface area (Å²) in [5.41, 5.74) is 4.85. The first-order valence-corrected chi connectivity index (χ1v) is 2.15. The van der Waals surface area contributed by atoms with Crippen molar-refractivity contribution in [2.45, 2.75) is 13.0 Å². The molecular formula is C4H10N2O. The molecule has 0 rings (SSSR count). The normalized spacial score (nSPS) is 13.4. The molecule has 0 aliphatic carbocycles. The van der Waals surface area contributed by atoms with Crippen LogP contribution in [0.5, 0.6) is 0 Å². The van der Waals surface area contributed by atoms with E-state index in [1.807, 2.05) is 0 Å².